The second kappa shape index (κ2) is 5.42. The summed E-state index contributed by atoms with van der Waals surface area (Å²) in [6.07, 6.45) is 4.55. The maximum Gasteiger partial charge on any atom is 0.269 e. The van der Waals surface area contributed by atoms with Crippen molar-refractivity contribution in [1.82, 2.24) is 0 Å². The highest BCUT2D eigenvalue weighted by atomic mass is 35.5. The first-order valence-corrected chi connectivity index (χ1v) is 8.54. The number of non-ortho nitro benzene ring substituents is 1. The summed E-state index contributed by atoms with van der Waals surface area (Å²) < 4.78 is 0. The van der Waals surface area contributed by atoms with Crippen molar-refractivity contribution in [3.05, 3.63) is 62.7 Å². The van der Waals surface area contributed by atoms with Crippen LogP contribution < -0.4 is 0 Å². The molecule has 0 aliphatic heterocycles. The lowest BCUT2D eigenvalue weighted by Gasteiger charge is -2.41. The average molecular weight is 342 g/mol. The quantitative estimate of drug-likeness (QED) is 0.521. The summed E-state index contributed by atoms with van der Waals surface area (Å²) in [7, 11) is 0. The van der Waals surface area contributed by atoms with Gasteiger partial charge in [-0.1, -0.05) is 30.9 Å². The van der Waals surface area contributed by atoms with E-state index < -0.39 is 10.3 Å². The molecule has 0 radical (unpaired) electrons. The highest BCUT2D eigenvalue weighted by Gasteiger charge is 2.47. The minimum Gasteiger partial charge on any atom is -0.293 e. The van der Waals surface area contributed by atoms with Crippen molar-refractivity contribution in [2.24, 2.45) is 0 Å². The molecule has 1 saturated carbocycles. The number of hydrogen-bond donors (Lipinski definition) is 0. The highest BCUT2D eigenvalue weighted by Crippen LogP contribution is 2.51. The predicted molar refractivity (Wildman–Crippen MR) is 92.6 cm³/mol. The number of carbonyl (C=O) groups excluding carboxylic acids is 1. The third-order valence-electron chi connectivity index (χ3n) is 5.39. The van der Waals surface area contributed by atoms with Gasteiger partial charge in [-0.2, -0.15) is 0 Å². The van der Waals surface area contributed by atoms with Gasteiger partial charge < -0.3 is 0 Å². The summed E-state index contributed by atoms with van der Waals surface area (Å²) in [5.41, 5.74) is 2.59. The number of carbonyl (C=O) groups is 1. The third-order valence-corrected chi connectivity index (χ3v) is 5.62. The van der Waals surface area contributed by atoms with Crippen LogP contribution in [0.15, 0.2) is 36.4 Å². The standard InChI is InChI=1S/C19H16ClNO3/c20-12-4-6-15-16(10-12)14-7-5-13(21(23)24)11-17(14)19(18(15)22)8-2-1-3-9-19/h4-7,10-11H,1-3,8-9H2. The molecular weight excluding hydrogens is 326 g/mol. The molecular formula is C19H16ClNO3. The van der Waals surface area contributed by atoms with E-state index in [1.807, 2.05) is 0 Å². The van der Waals surface area contributed by atoms with Gasteiger partial charge in [-0.25, -0.2) is 0 Å². The van der Waals surface area contributed by atoms with Crippen LogP contribution in [0.4, 0.5) is 5.69 Å². The first-order valence-electron chi connectivity index (χ1n) is 8.17. The maximum atomic E-state index is 13.3. The van der Waals surface area contributed by atoms with Gasteiger partial charge >= 0.3 is 0 Å². The zero-order valence-corrected chi connectivity index (χ0v) is 13.8. The largest absolute Gasteiger partial charge is 0.293 e. The molecule has 0 saturated heterocycles. The molecule has 0 atom stereocenters. The first-order chi connectivity index (χ1) is 11.5. The summed E-state index contributed by atoms with van der Waals surface area (Å²) in [6.45, 7) is 0. The molecule has 4 nitrogen and oxygen atoms in total. The van der Waals surface area contributed by atoms with Crippen molar-refractivity contribution in [1.29, 1.82) is 0 Å². The van der Waals surface area contributed by atoms with Gasteiger partial charge in [0.05, 0.1) is 10.3 Å². The fourth-order valence-corrected chi connectivity index (χ4v) is 4.42. The number of Topliss-reactive ketones (excluding diaryl/α,β-unsaturated/α-hetero) is 1. The Kier molecular flexibility index (Phi) is 3.46. The van der Waals surface area contributed by atoms with Crippen LogP contribution in [0, 0.1) is 10.1 Å². The van der Waals surface area contributed by atoms with Crippen molar-refractivity contribution < 1.29 is 9.72 Å². The fourth-order valence-electron chi connectivity index (χ4n) is 4.25. The van der Waals surface area contributed by atoms with Gasteiger partial charge in [0.15, 0.2) is 5.78 Å². The molecule has 122 valence electrons. The summed E-state index contributed by atoms with van der Waals surface area (Å²) in [4.78, 5) is 24.2. The van der Waals surface area contributed by atoms with Crippen LogP contribution in [0.5, 0.6) is 0 Å². The number of rotatable bonds is 1. The summed E-state index contributed by atoms with van der Waals surface area (Å²) in [5.74, 6) is 0.0851. The van der Waals surface area contributed by atoms with Crippen LogP contribution in [-0.4, -0.2) is 10.7 Å². The van der Waals surface area contributed by atoms with Gasteiger partial charge in [0, 0.05) is 22.7 Å². The maximum absolute atomic E-state index is 13.3. The molecule has 2 aliphatic carbocycles. The summed E-state index contributed by atoms with van der Waals surface area (Å²) in [6, 6.07) is 10.2. The minimum atomic E-state index is -0.625. The molecule has 0 unspecified atom stereocenters. The smallest absolute Gasteiger partial charge is 0.269 e. The number of benzene rings is 2. The summed E-state index contributed by atoms with van der Waals surface area (Å²) in [5, 5.41) is 11.8. The van der Waals surface area contributed by atoms with Gasteiger partial charge in [-0.05, 0) is 53.8 Å². The Morgan fingerprint density at radius 1 is 0.958 bits per heavy atom. The Balaban J connectivity index is 2.03. The van der Waals surface area contributed by atoms with Crippen LogP contribution in [0.2, 0.25) is 5.02 Å². The Bertz CT molecular complexity index is 869. The van der Waals surface area contributed by atoms with Crippen LogP contribution in [0.25, 0.3) is 11.1 Å². The Morgan fingerprint density at radius 3 is 2.38 bits per heavy atom. The van der Waals surface area contributed by atoms with E-state index in [4.69, 9.17) is 11.6 Å². The number of hydrogen-bond acceptors (Lipinski definition) is 3. The van der Waals surface area contributed by atoms with E-state index in [-0.39, 0.29) is 11.5 Å². The molecule has 0 amide bonds. The number of nitro benzene ring substituents is 1. The number of nitrogens with zero attached hydrogens (tertiary/aromatic N) is 1. The number of ketones is 1. The topological polar surface area (TPSA) is 60.2 Å². The first kappa shape index (κ1) is 15.3. The zero-order valence-electron chi connectivity index (χ0n) is 13.0. The zero-order chi connectivity index (χ0) is 16.9. The molecule has 2 aromatic carbocycles. The Labute approximate surface area is 144 Å². The van der Waals surface area contributed by atoms with E-state index in [0.29, 0.717) is 10.6 Å². The van der Waals surface area contributed by atoms with Crippen LogP contribution in [-0.2, 0) is 5.41 Å². The lowest BCUT2D eigenvalue weighted by atomic mass is 9.60. The van der Waals surface area contributed by atoms with Crippen LogP contribution in [0.1, 0.15) is 48.0 Å². The fraction of sp³-hybridized carbons (Fsp3) is 0.316. The molecule has 1 spiro atoms. The molecule has 0 heterocycles. The van der Waals surface area contributed by atoms with Crippen LogP contribution >= 0.6 is 11.6 Å². The Morgan fingerprint density at radius 2 is 1.67 bits per heavy atom. The van der Waals surface area contributed by atoms with Crippen molar-refractivity contribution in [3.8, 4) is 11.1 Å². The molecule has 2 aliphatic rings. The minimum absolute atomic E-state index is 0.0389. The Hall–Kier alpha value is -2.20. The number of nitro groups is 1. The van der Waals surface area contributed by atoms with Crippen LogP contribution in [0.3, 0.4) is 0 Å². The molecule has 24 heavy (non-hydrogen) atoms. The monoisotopic (exact) mass is 341 g/mol. The van der Waals surface area contributed by atoms with Gasteiger partial charge in [0.25, 0.3) is 5.69 Å². The summed E-state index contributed by atoms with van der Waals surface area (Å²) >= 11 is 6.13. The van der Waals surface area contributed by atoms with Crippen molar-refractivity contribution in [2.45, 2.75) is 37.5 Å². The average Bonchev–Trinajstić information content (AvgIpc) is 2.60. The lowest BCUT2D eigenvalue weighted by Crippen LogP contribution is -2.41. The molecule has 2 aromatic rings. The molecule has 4 rings (SSSR count). The molecule has 0 aromatic heterocycles. The van der Waals surface area contributed by atoms with Crippen molar-refractivity contribution >= 4 is 23.1 Å². The SMILES string of the molecule is O=C1c2ccc(Cl)cc2-c2ccc([N+](=O)[O-])cc2C12CCCCC2. The lowest BCUT2D eigenvalue weighted by molar-refractivity contribution is -0.384. The van der Waals surface area contributed by atoms with Gasteiger partial charge in [0.2, 0.25) is 0 Å². The second-order valence-corrected chi connectivity index (χ2v) is 7.09. The van der Waals surface area contributed by atoms with E-state index in [2.05, 4.69) is 0 Å². The number of fused-ring (bicyclic) bond motifs is 4. The van der Waals surface area contributed by atoms with Gasteiger partial charge in [-0.3, -0.25) is 14.9 Å². The molecule has 0 bridgehead atoms. The van der Waals surface area contributed by atoms with E-state index >= 15 is 0 Å². The number of halogens is 1. The highest BCUT2D eigenvalue weighted by molar-refractivity contribution is 6.31. The second-order valence-electron chi connectivity index (χ2n) is 6.65. The third kappa shape index (κ3) is 2.09. The molecule has 0 N–H and O–H groups in total. The van der Waals surface area contributed by atoms with E-state index in [0.717, 1.165) is 48.8 Å². The normalized spacial score (nSPS) is 18.1. The van der Waals surface area contributed by atoms with E-state index in [1.165, 1.54) is 6.07 Å². The molecule has 5 heteroatoms. The molecule has 1 fully saturated rings. The predicted octanol–water partition coefficient (Wildman–Crippen LogP) is 5.31. The van der Waals surface area contributed by atoms with Gasteiger partial charge in [0.1, 0.15) is 0 Å². The van der Waals surface area contributed by atoms with Crippen molar-refractivity contribution in [3.63, 3.8) is 0 Å². The van der Waals surface area contributed by atoms with E-state index in [1.54, 1.807) is 30.3 Å². The van der Waals surface area contributed by atoms with Gasteiger partial charge in [-0.15, -0.1) is 0 Å². The van der Waals surface area contributed by atoms with E-state index in [9.17, 15) is 14.9 Å². The van der Waals surface area contributed by atoms with Crippen molar-refractivity contribution in [2.75, 3.05) is 0 Å².